The van der Waals surface area contributed by atoms with Crippen LogP contribution in [0, 0.1) is 0 Å². The third-order valence-electron chi connectivity index (χ3n) is 5.04. The lowest BCUT2D eigenvalue weighted by Crippen LogP contribution is -2.29. The molecule has 1 aromatic carbocycles. The number of nitrogens with one attached hydrogen (secondary N) is 1. The van der Waals surface area contributed by atoms with Crippen molar-refractivity contribution in [3.05, 3.63) is 66.0 Å². The van der Waals surface area contributed by atoms with E-state index >= 15 is 0 Å². The molecule has 0 spiro atoms. The minimum absolute atomic E-state index is 0. The molecule has 0 unspecified atom stereocenters. The van der Waals surface area contributed by atoms with Gasteiger partial charge in [-0.15, -0.1) is 0 Å². The molecule has 5 N–H and O–H groups in total. The van der Waals surface area contributed by atoms with Crippen molar-refractivity contribution in [2.24, 2.45) is 0 Å². The van der Waals surface area contributed by atoms with E-state index < -0.39 is 0 Å². The van der Waals surface area contributed by atoms with Crippen molar-refractivity contribution in [2.45, 2.75) is 6.42 Å². The Labute approximate surface area is 174 Å². The highest BCUT2D eigenvalue weighted by molar-refractivity contribution is 6.11. The van der Waals surface area contributed by atoms with Crippen LogP contribution in [0.4, 0.5) is 17.3 Å². The van der Waals surface area contributed by atoms with Crippen LogP contribution in [0.3, 0.4) is 0 Å². The van der Waals surface area contributed by atoms with Gasteiger partial charge >= 0.3 is 0 Å². The van der Waals surface area contributed by atoms with E-state index in [1.165, 1.54) is 0 Å². The van der Waals surface area contributed by atoms with Gasteiger partial charge in [0, 0.05) is 41.4 Å². The highest BCUT2D eigenvalue weighted by atomic mass is 16.1. The number of hydrogen-bond donors (Lipinski definition) is 3. The van der Waals surface area contributed by atoms with E-state index in [0.717, 1.165) is 49.5 Å². The first-order chi connectivity index (χ1) is 14.1. The van der Waals surface area contributed by atoms with E-state index in [9.17, 15) is 4.79 Å². The molecule has 0 amide bonds. The van der Waals surface area contributed by atoms with Crippen LogP contribution in [0.2, 0.25) is 0 Å². The van der Waals surface area contributed by atoms with Gasteiger partial charge in [0.25, 0.3) is 0 Å². The number of carbonyl (C=O) groups excluding carboxylic acids is 1. The SMILES string of the molecule is Nc1ccc(-c2cnc(N)c(C(=O)c3cccc(N4CCCNCC4)n3)c2)cc1.[HH].[HH].[HH]. The first-order valence-electron chi connectivity index (χ1n) is 9.71. The van der Waals surface area contributed by atoms with Crippen molar-refractivity contribution >= 4 is 23.1 Å². The number of nitrogen functional groups attached to an aromatic ring is 2. The molecular formula is C22H30N6O. The minimum Gasteiger partial charge on any atom is -0.399 e. The molecule has 0 bridgehead atoms. The van der Waals surface area contributed by atoms with Crippen molar-refractivity contribution in [1.29, 1.82) is 0 Å². The summed E-state index contributed by atoms with van der Waals surface area (Å²) in [7, 11) is 0. The minimum atomic E-state index is -0.234. The third-order valence-corrected chi connectivity index (χ3v) is 5.04. The fourth-order valence-corrected chi connectivity index (χ4v) is 3.43. The summed E-state index contributed by atoms with van der Waals surface area (Å²) in [4.78, 5) is 24.2. The van der Waals surface area contributed by atoms with Gasteiger partial charge < -0.3 is 21.7 Å². The van der Waals surface area contributed by atoms with E-state index in [1.807, 2.05) is 36.4 Å². The zero-order valence-corrected chi connectivity index (χ0v) is 16.1. The van der Waals surface area contributed by atoms with Gasteiger partial charge in [0.2, 0.25) is 5.78 Å². The van der Waals surface area contributed by atoms with Crippen LogP contribution in [-0.4, -0.2) is 41.9 Å². The summed E-state index contributed by atoms with van der Waals surface area (Å²) in [6.07, 6.45) is 2.70. The second kappa shape index (κ2) is 8.28. The summed E-state index contributed by atoms with van der Waals surface area (Å²) in [5.41, 5.74) is 14.9. The Morgan fingerprint density at radius 2 is 1.86 bits per heavy atom. The molecule has 4 rings (SSSR count). The zero-order chi connectivity index (χ0) is 20.2. The number of ketones is 1. The first-order valence-corrected chi connectivity index (χ1v) is 9.71. The van der Waals surface area contributed by atoms with Crippen LogP contribution < -0.4 is 21.7 Å². The molecule has 0 radical (unpaired) electrons. The van der Waals surface area contributed by atoms with Crippen molar-refractivity contribution in [3.8, 4) is 11.1 Å². The molecule has 3 aromatic rings. The predicted molar refractivity (Wildman–Crippen MR) is 122 cm³/mol. The van der Waals surface area contributed by atoms with E-state index in [0.29, 0.717) is 16.9 Å². The Morgan fingerprint density at radius 3 is 2.69 bits per heavy atom. The average molecular weight is 395 g/mol. The molecule has 0 saturated carbocycles. The maximum Gasteiger partial charge on any atom is 0.215 e. The monoisotopic (exact) mass is 394 g/mol. The molecule has 29 heavy (non-hydrogen) atoms. The van der Waals surface area contributed by atoms with E-state index in [4.69, 9.17) is 11.5 Å². The highest BCUT2D eigenvalue weighted by Gasteiger charge is 2.18. The summed E-state index contributed by atoms with van der Waals surface area (Å²) in [6, 6.07) is 14.7. The number of rotatable bonds is 4. The Kier molecular flexibility index (Phi) is 5.39. The molecular weight excluding hydrogens is 364 g/mol. The van der Waals surface area contributed by atoms with Gasteiger partial charge in [-0.25, -0.2) is 9.97 Å². The molecule has 1 saturated heterocycles. The second-order valence-electron chi connectivity index (χ2n) is 7.08. The number of benzene rings is 1. The molecule has 1 aliphatic heterocycles. The molecule has 3 heterocycles. The Morgan fingerprint density at radius 1 is 1.03 bits per heavy atom. The molecule has 0 atom stereocenters. The normalized spacial score (nSPS) is 14.4. The highest BCUT2D eigenvalue weighted by Crippen LogP contribution is 2.25. The Hall–Kier alpha value is -3.45. The van der Waals surface area contributed by atoms with Crippen LogP contribution in [0.25, 0.3) is 11.1 Å². The fourth-order valence-electron chi connectivity index (χ4n) is 3.43. The van der Waals surface area contributed by atoms with Gasteiger partial charge in [0.1, 0.15) is 17.3 Å². The van der Waals surface area contributed by atoms with Crippen molar-refractivity contribution < 1.29 is 9.07 Å². The largest absolute Gasteiger partial charge is 0.399 e. The Balaban J connectivity index is 0.00000171. The van der Waals surface area contributed by atoms with E-state index in [1.54, 1.807) is 18.3 Å². The van der Waals surface area contributed by atoms with Crippen LogP contribution in [0.5, 0.6) is 0 Å². The van der Waals surface area contributed by atoms with Gasteiger partial charge in [-0.1, -0.05) is 18.2 Å². The average Bonchev–Trinajstić information content (AvgIpc) is 3.04. The lowest BCUT2D eigenvalue weighted by molar-refractivity contribution is 0.103. The summed E-state index contributed by atoms with van der Waals surface area (Å²) in [5.74, 6) is 0.767. The fraction of sp³-hybridized carbons (Fsp3) is 0.227. The van der Waals surface area contributed by atoms with Crippen LogP contribution >= 0.6 is 0 Å². The topological polar surface area (TPSA) is 110 Å². The lowest BCUT2D eigenvalue weighted by atomic mass is 10.0. The second-order valence-corrected chi connectivity index (χ2v) is 7.08. The molecule has 2 aromatic heterocycles. The van der Waals surface area contributed by atoms with Crippen molar-refractivity contribution in [2.75, 3.05) is 42.5 Å². The number of nitrogens with zero attached hydrogens (tertiary/aromatic N) is 3. The summed E-state index contributed by atoms with van der Waals surface area (Å²) >= 11 is 0. The first kappa shape index (κ1) is 18.9. The molecule has 7 heteroatoms. The van der Waals surface area contributed by atoms with E-state index in [2.05, 4.69) is 20.2 Å². The molecule has 7 nitrogen and oxygen atoms in total. The number of carbonyl (C=O) groups is 1. The quantitative estimate of drug-likeness (QED) is 0.461. The Bertz CT molecular complexity index is 1020. The maximum absolute atomic E-state index is 13.2. The smallest absolute Gasteiger partial charge is 0.215 e. The number of aromatic nitrogens is 2. The number of anilines is 3. The lowest BCUT2D eigenvalue weighted by Gasteiger charge is -2.21. The molecule has 1 fully saturated rings. The zero-order valence-electron chi connectivity index (χ0n) is 16.1. The van der Waals surface area contributed by atoms with Gasteiger partial charge in [-0.2, -0.15) is 0 Å². The van der Waals surface area contributed by atoms with Gasteiger partial charge in [-0.05, 0) is 48.9 Å². The third kappa shape index (κ3) is 4.20. The van der Waals surface area contributed by atoms with Crippen molar-refractivity contribution in [1.82, 2.24) is 15.3 Å². The molecule has 1 aliphatic rings. The van der Waals surface area contributed by atoms with Crippen LogP contribution in [0.1, 0.15) is 26.8 Å². The molecule has 0 aliphatic carbocycles. The number of nitrogens with two attached hydrogens (primary N) is 2. The number of pyridine rings is 2. The molecule has 154 valence electrons. The summed E-state index contributed by atoms with van der Waals surface area (Å²) in [5, 5.41) is 3.37. The number of hydrogen-bond acceptors (Lipinski definition) is 7. The van der Waals surface area contributed by atoms with Crippen LogP contribution in [-0.2, 0) is 0 Å². The van der Waals surface area contributed by atoms with Gasteiger partial charge in [0.05, 0.1) is 5.56 Å². The van der Waals surface area contributed by atoms with Gasteiger partial charge in [0.15, 0.2) is 0 Å². The van der Waals surface area contributed by atoms with Crippen molar-refractivity contribution in [3.63, 3.8) is 0 Å². The summed E-state index contributed by atoms with van der Waals surface area (Å²) < 4.78 is 0. The standard InChI is InChI=1S/C22H24N6O.3H2/c23-17-7-5-15(6-8-17)16-13-18(22(24)26-14-16)21(29)19-3-1-4-20(27-19)28-11-2-9-25-10-12-28;;;/h1,3-8,13-14,25H,2,9-12,23H2,(H2,24,26);3*1H. The van der Waals surface area contributed by atoms with Gasteiger partial charge in [-0.3, -0.25) is 4.79 Å². The van der Waals surface area contributed by atoms with E-state index in [-0.39, 0.29) is 15.9 Å². The predicted octanol–water partition coefficient (Wildman–Crippen LogP) is 3.08. The maximum atomic E-state index is 13.2. The summed E-state index contributed by atoms with van der Waals surface area (Å²) in [6.45, 7) is 3.67. The van der Waals surface area contributed by atoms with Crippen LogP contribution in [0.15, 0.2) is 54.7 Å².